The van der Waals surface area contributed by atoms with Gasteiger partial charge in [0.2, 0.25) is 0 Å². The zero-order valence-electron chi connectivity index (χ0n) is 12.3. The summed E-state index contributed by atoms with van der Waals surface area (Å²) in [6.45, 7) is 3.19. The largest absolute Gasteiger partial charge is 0.352 e. The quantitative estimate of drug-likeness (QED) is 0.743. The lowest BCUT2D eigenvalue weighted by Crippen LogP contribution is -2.30. The Kier molecular flexibility index (Phi) is 5.10. The lowest BCUT2D eigenvalue weighted by Gasteiger charge is -2.26. The molecular formula is C16H18BrN3S2. The van der Waals surface area contributed by atoms with Crippen LogP contribution in [-0.2, 0) is 0 Å². The minimum Gasteiger partial charge on any atom is -0.352 e. The van der Waals surface area contributed by atoms with Gasteiger partial charge in [-0.2, -0.15) is 0 Å². The molecule has 1 fully saturated rings. The molecule has 1 aliphatic rings. The van der Waals surface area contributed by atoms with Gasteiger partial charge in [0.25, 0.3) is 0 Å². The summed E-state index contributed by atoms with van der Waals surface area (Å²) in [6.07, 6.45) is 4.14. The first-order chi connectivity index (χ1) is 10.7. The topological polar surface area (TPSA) is 28.2 Å². The molecule has 116 valence electrons. The van der Waals surface area contributed by atoms with E-state index in [2.05, 4.69) is 56.3 Å². The van der Waals surface area contributed by atoms with Gasteiger partial charge in [0.05, 0.1) is 21.6 Å². The van der Waals surface area contributed by atoms with Crippen molar-refractivity contribution in [2.75, 3.05) is 6.54 Å². The van der Waals surface area contributed by atoms with Gasteiger partial charge in [0.15, 0.2) is 5.11 Å². The SMILES string of the molecule is CCCCN1C(=S)N[C@@H](c2ccccn2)[C@@H]1c1ccc(Br)s1. The number of nitrogens with zero attached hydrogens (tertiary/aromatic N) is 2. The zero-order chi connectivity index (χ0) is 15.5. The molecule has 0 amide bonds. The average molecular weight is 396 g/mol. The highest BCUT2D eigenvalue weighted by atomic mass is 79.9. The zero-order valence-corrected chi connectivity index (χ0v) is 15.5. The van der Waals surface area contributed by atoms with E-state index in [4.69, 9.17) is 12.2 Å². The first-order valence-electron chi connectivity index (χ1n) is 7.44. The number of unbranched alkanes of at least 4 members (excludes halogenated alkanes) is 1. The van der Waals surface area contributed by atoms with Crippen molar-refractivity contribution in [1.29, 1.82) is 0 Å². The Hall–Kier alpha value is -0.980. The summed E-state index contributed by atoms with van der Waals surface area (Å²) < 4.78 is 1.15. The molecule has 0 aliphatic carbocycles. The van der Waals surface area contributed by atoms with Crippen LogP contribution in [0, 0.1) is 0 Å². The van der Waals surface area contributed by atoms with Gasteiger partial charge in [0, 0.05) is 17.6 Å². The first kappa shape index (κ1) is 15.9. The van der Waals surface area contributed by atoms with Gasteiger partial charge in [-0.3, -0.25) is 4.98 Å². The molecule has 22 heavy (non-hydrogen) atoms. The summed E-state index contributed by atoms with van der Waals surface area (Å²) in [4.78, 5) is 8.16. The van der Waals surface area contributed by atoms with Gasteiger partial charge in [-0.15, -0.1) is 11.3 Å². The molecule has 2 atom stereocenters. The number of halogens is 1. The number of aromatic nitrogens is 1. The molecule has 0 radical (unpaired) electrons. The van der Waals surface area contributed by atoms with Crippen molar-refractivity contribution in [1.82, 2.24) is 15.2 Å². The van der Waals surface area contributed by atoms with E-state index >= 15 is 0 Å². The van der Waals surface area contributed by atoms with Crippen LogP contribution < -0.4 is 5.32 Å². The van der Waals surface area contributed by atoms with Gasteiger partial charge in [-0.25, -0.2) is 0 Å². The molecule has 0 spiro atoms. The molecular weight excluding hydrogens is 378 g/mol. The van der Waals surface area contributed by atoms with E-state index in [1.165, 1.54) is 4.88 Å². The molecule has 1 N–H and O–H groups in total. The van der Waals surface area contributed by atoms with Crippen molar-refractivity contribution in [3.63, 3.8) is 0 Å². The molecule has 0 aromatic carbocycles. The molecule has 0 bridgehead atoms. The second-order valence-corrected chi connectivity index (χ2v) is 8.20. The summed E-state index contributed by atoms with van der Waals surface area (Å²) >= 11 is 10.9. The van der Waals surface area contributed by atoms with Gasteiger partial charge < -0.3 is 10.2 Å². The minimum absolute atomic E-state index is 0.108. The molecule has 0 saturated carbocycles. The number of hydrogen-bond acceptors (Lipinski definition) is 3. The summed E-state index contributed by atoms with van der Waals surface area (Å²) in [7, 11) is 0. The highest BCUT2D eigenvalue weighted by molar-refractivity contribution is 9.11. The predicted molar refractivity (Wildman–Crippen MR) is 99.1 cm³/mol. The second kappa shape index (κ2) is 7.06. The Balaban J connectivity index is 1.96. The van der Waals surface area contributed by atoms with E-state index in [0.29, 0.717) is 0 Å². The highest BCUT2D eigenvalue weighted by Gasteiger charge is 2.40. The Morgan fingerprint density at radius 1 is 1.36 bits per heavy atom. The smallest absolute Gasteiger partial charge is 0.170 e. The molecule has 6 heteroatoms. The Morgan fingerprint density at radius 3 is 2.86 bits per heavy atom. The fourth-order valence-corrected chi connectivity index (χ4v) is 4.68. The summed E-state index contributed by atoms with van der Waals surface area (Å²) in [5.41, 5.74) is 1.04. The minimum atomic E-state index is 0.108. The fourth-order valence-electron chi connectivity index (χ4n) is 2.77. The lowest BCUT2D eigenvalue weighted by atomic mass is 10.0. The van der Waals surface area contributed by atoms with Crippen LogP contribution in [0.15, 0.2) is 40.3 Å². The maximum atomic E-state index is 5.59. The van der Waals surface area contributed by atoms with Gasteiger partial charge in [-0.05, 0) is 58.8 Å². The van der Waals surface area contributed by atoms with E-state index < -0.39 is 0 Å². The summed E-state index contributed by atoms with van der Waals surface area (Å²) in [5.74, 6) is 0. The standard InChI is InChI=1S/C16H18BrN3S2/c1-2-3-10-20-15(12-7-8-13(17)22-12)14(19-16(20)21)11-6-4-5-9-18-11/h4-9,14-15H,2-3,10H2,1H3,(H,19,21)/t14-,15-/m0/s1. The van der Waals surface area contributed by atoms with Crippen LogP contribution in [0.2, 0.25) is 0 Å². The van der Waals surface area contributed by atoms with Gasteiger partial charge in [-0.1, -0.05) is 19.4 Å². The van der Waals surface area contributed by atoms with Gasteiger partial charge >= 0.3 is 0 Å². The Morgan fingerprint density at radius 2 is 2.23 bits per heavy atom. The fraction of sp³-hybridized carbons (Fsp3) is 0.375. The maximum Gasteiger partial charge on any atom is 0.170 e. The van der Waals surface area contributed by atoms with Gasteiger partial charge in [0.1, 0.15) is 0 Å². The van der Waals surface area contributed by atoms with Crippen molar-refractivity contribution >= 4 is 44.6 Å². The maximum absolute atomic E-state index is 5.59. The van der Waals surface area contributed by atoms with Crippen molar-refractivity contribution in [2.24, 2.45) is 0 Å². The van der Waals surface area contributed by atoms with Crippen molar-refractivity contribution in [3.05, 3.63) is 50.9 Å². The van der Waals surface area contributed by atoms with Crippen molar-refractivity contribution < 1.29 is 0 Å². The second-order valence-electron chi connectivity index (χ2n) is 5.32. The molecule has 1 saturated heterocycles. The predicted octanol–water partition coefficient (Wildman–Crippen LogP) is 4.68. The first-order valence-corrected chi connectivity index (χ1v) is 9.45. The van der Waals surface area contributed by atoms with Crippen LogP contribution in [0.1, 0.15) is 42.4 Å². The third kappa shape index (κ3) is 3.19. The third-order valence-corrected chi connectivity index (χ3v) is 5.88. The molecule has 2 aromatic rings. The molecule has 3 nitrogen and oxygen atoms in total. The molecule has 2 aromatic heterocycles. The number of thiocarbonyl (C=S) groups is 1. The molecule has 0 unspecified atom stereocenters. The summed E-state index contributed by atoms with van der Waals surface area (Å²) in [6, 6.07) is 10.7. The average Bonchev–Trinajstić information content (AvgIpc) is 3.09. The van der Waals surface area contributed by atoms with E-state index in [0.717, 1.165) is 34.0 Å². The number of rotatable bonds is 5. The molecule has 1 aliphatic heterocycles. The van der Waals surface area contributed by atoms with Crippen molar-refractivity contribution in [3.8, 4) is 0 Å². The van der Waals surface area contributed by atoms with E-state index in [1.54, 1.807) is 11.3 Å². The van der Waals surface area contributed by atoms with E-state index in [9.17, 15) is 0 Å². The normalized spacial score (nSPS) is 21.2. The monoisotopic (exact) mass is 395 g/mol. The van der Waals surface area contributed by atoms with Crippen LogP contribution in [0.3, 0.4) is 0 Å². The van der Waals surface area contributed by atoms with Crippen LogP contribution in [-0.4, -0.2) is 21.5 Å². The molecule has 3 heterocycles. The number of nitrogens with one attached hydrogen (secondary N) is 1. The van der Waals surface area contributed by atoms with Crippen LogP contribution in [0.25, 0.3) is 0 Å². The number of hydrogen-bond donors (Lipinski definition) is 1. The summed E-state index contributed by atoms with van der Waals surface area (Å²) in [5, 5.41) is 4.31. The van der Waals surface area contributed by atoms with E-state index in [-0.39, 0.29) is 12.1 Å². The van der Waals surface area contributed by atoms with Crippen molar-refractivity contribution in [2.45, 2.75) is 31.8 Å². The van der Waals surface area contributed by atoms with Crippen LogP contribution >= 0.6 is 39.5 Å². The Bertz CT molecular complexity index is 644. The number of thiophene rings is 1. The number of pyridine rings is 1. The molecule has 3 rings (SSSR count). The third-order valence-electron chi connectivity index (χ3n) is 3.84. The lowest BCUT2D eigenvalue weighted by molar-refractivity contribution is 0.317. The van der Waals surface area contributed by atoms with Crippen LogP contribution in [0.5, 0.6) is 0 Å². The Labute approximate surface area is 148 Å². The van der Waals surface area contributed by atoms with Crippen LogP contribution in [0.4, 0.5) is 0 Å². The highest BCUT2D eigenvalue weighted by Crippen LogP contribution is 2.42. The van der Waals surface area contributed by atoms with E-state index in [1.807, 2.05) is 18.3 Å².